The van der Waals surface area contributed by atoms with Crippen molar-refractivity contribution in [1.82, 2.24) is 5.43 Å². The molecule has 0 spiro atoms. The third kappa shape index (κ3) is 6.72. The molecule has 0 fully saturated rings. The van der Waals surface area contributed by atoms with E-state index in [0.29, 0.717) is 31.8 Å². The monoisotopic (exact) mass is 669 g/mol. The molecule has 4 aromatic carbocycles. The number of benzene rings is 4. The average molecular weight is 671 g/mol. The molecule has 9 nitrogen and oxygen atoms in total. The van der Waals surface area contributed by atoms with Crippen LogP contribution in [0, 0.1) is 0 Å². The zero-order chi connectivity index (χ0) is 28.6. The Bertz CT molecular complexity index is 1560. The van der Waals surface area contributed by atoms with Gasteiger partial charge < -0.3 is 24.3 Å². The molecule has 0 unspecified atom stereocenters. The highest BCUT2D eigenvalue weighted by Gasteiger charge is 2.20. The van der Waals surface area contributed by atoms with Gasteiger partial charge in [-0.2, -0.15) is 5.10 Å². The summed E-state index contributed by atoms with van der Waals surface area (Å²) in [4.78, 5) is 25.6. The van der Waals surface area contributed by atoms with Gasteiger partial charge >= 0.3 is 5.97 Å². The number of ether oxygens (including phenoxy) is 4. The van der Waals surface area contributed by atoms with E-state index >= 15 is 0 Å². The first-order valence-electron chi connectivity index (χ1n) is 11.9. The second-order valence-electron chi connectivity index (χ2n) is 8.28. The van der Waals surface area contributed by atoms with Crippen molar-refractivity contribution in [3.63, 3.8) is 0 Å². The lowest BCUT2D eigenvalue weighted by molar-refractivity contribution is -0.119. The van der Waals surface area contributed by atoms with Gasteiger partial charge in [-0.1, -0.05) is 52.3 Å². The molecule has 0 saturated carbocycles. The van der Waals surface area contributed by atoms with Gasteiger partial charge in [-0.15, -0.1) is 0 Å². The predicted octanol–water partition coefficient (Wildman–Crippen LogP) is 6.17. The van der Waals surface area contributed by atoms with Gasteiger partial charge in [-0.05, 0) is 51.6 Å². The maximum Gasteiger partial charge on any atom is 0.343 e. The van der Waals surface area contributed by atoms with Crippen LogP contribution in [0.3, 0.4) is 0 Å². The lowest BCUT2D eigenvalue weighted by Gasteiger charge is -2.15. The molecule has 0 saturated heterocycles. The van der Waals surface area contributed by atoms with E-state index in [1.54, 1.807) is 12.1 Å². The van der Waals surface area contributed by atoms with Crippen LogP contribution in [0.25, 0.3) is 10.8 Å². The highest BCUT2D eigenvalue weighted by molar-refractivity contribution is 9.11. The third-order valence-electron chi connectivity index (χ3n) is 5.75. The first-order valence-corrected chi connectivity index (χ1v) is 13.5. The number of anilines is 1. The molecule has 1 amide bonds. The summed E-state index contributed by atoms with van der Waals surface area (Å²) < 4.78 is 22.9. The maximum atomic E-state index is 13.1. The predicted molar refractivity (Wildman–Crippen MR) is 161 cm³/mol. The Morgan fingerprint density at radius 1 is 0.875 bits per heavy atom. The van der Waals surface area contributed by atoms with Gasteiger partial charge in [0.05, 0.1) is 44.1 Å². The quantitative estimate of drug-likeness (QED) is 0.0899. The van der Waals surface area contributed by atoms with Crippen molar-refractivity contribution in [3.05, 3.63) is 86.8 Å². The lowest BCUT2D eigenvalue weighted by atomic mass is 10.1. The second-order valence-corrected chi connectivity index (χ2v) is 10.1. The molecular weight excluding hydrogens is 646 g/mol. The molecule has 4 rings (SSSR count). The number of nitrogens with zero attached hydrogens (tertiary/aromatic N) is 1. The summed E-state index contributed by atoms with van der Waals surface area (Å²) in [5.41, 5.74) is 3.95. The topological polar surface area (TPSA) is 107 Å². The number of hydrazone groups is 1. The van der Waals surface area contributed by atoms with Crippen molar-refractivity contribution in [2.75, 3.05) is 33.2 Å². The fourth-order valence-electron chi connectivity index (χ4n) is 3.90. The number of hydrogen-bond donors (Lipinski definition) is 2. The van der Waals surface area contributed by atoms with Crippen molar-refractivity contribution in [1.29, 1.82) is 0 Å². The largest absolute Gasteiger partial charge is 0.493 e. The van der Waals surface area contributed by atoms with Gasteiger partial charge in [0.25, 0.3) is 5.91 Å². The number of halogens is 2. The number of nitrogens with one attached hydrogen (secondary N) is 2. The van der Waals surface area contributed by atoms with Crippen LogP contribution >= 0.6 is 31.9 Å². The molecule has 0 atom stereocenters. The minimum atomic E-state index is -0.666. The molecule has 11 heteroatoms. The minimum absolute atomic E-state index is 0.0104. The van der Waals surface area contributed by atoms with Crippen LogP contribution in [0.5, 0.6) is 23.0 Å². The van der Waals surface area contributed by atoms with Crippen LogP contribution in [-0.4, -0.2) is 46.0 Å². The molecule has 0 radical (unpaired) electrons. The summed E-state index contributed by atoms with van der Waals surface area (Å²) in [6.07, 6.45) is 1.39. The summed E-state index contributed by atoms with van der Waals surface area (Å²) >= 11 is 6.86. The fourth-order valence-corrected chi connectivity index (χ4v) is 5.24. The van der Waals surface area contributed by atoms with E-state index in [0.717, 1.165) is 16.5 Å². The summed E-state index contributed by atoms with van der Waals surface area (Å²) in [5, 5.41) is 9.28. The van der Waals surface area contributed by atoms with E-state index in [-0.39, 0.29) is 23.8 Å². The number of rotatable bonds is 10. The zero-order valence-corrected chi connectivity index (χ0v) is 25.0. The summed E-state index contributed by atoms with van der Waals surface area (Å²) in [6.45, 7) is 0.0104. The van der Waals surface area contributed by atoms with Crippen molar-refractivity contribution in [2.24, 2.45) is 5.10 Å². The number of carbonyl (C=O) groups excluding carboxylic acids is 2. The number of carbonyl (C=O) groups is 2. The Morgan fingerprint density at radius 2 is 1.57 bits per heavy atom. The van der Waals surface area contributed by atoms with Gasteiger partial charge in [0, 0.05) is 21.1 Å². The molecule has 2 N–H and O–H groups in total. The normalized spacial score (nSPS) is 10.8. The van der Waals surface area contributed by atoms with Gasteiger partial charge in [0.15, 0.2) is 17.2 Å². The Hall–Kier alpha value is -4.09. The van der Waals surface area contributed by atoms with Crippen molar-refractivity contribution in [2.45, 2.75) is 0 Å². The first-order chi connectivity index (χ1) is 19.3. The fraction of sp³-hybridized carbons (Fsp3) is 0.138. The Balaban J connectivity index is 1.48. The van der Waals surface area contributed by atoms with E-state index in [1.807, 2.05) is 42.5 Å². The number of hydrogen-bond acceptors (Lipinski definition) is 8. The van der Waals surface area contributed by atoms with Gasteiger partial charge in [0.2, 0.25) is 5.75 Å². The highest BCUT2D eigenvalue weighted by atomic mass is 79.9. The summed E-state index contributed by atoms with van der Waals surface area (Å²) in [6, 6.07) is 20.2. The van der Waals surface area contributed by atoms with E-state index in [9.17, 15) is 9.59 Å². The molecule has 0 aromatic heterocycles. The second kappa shape index (κ2) is 13.3. The minimum Gasteiger partial charge on any atom is -0.493 e. The number of amides is 1. The Morgan fingerprint density at radius 3 is 2.27 bits per heavy atom. The summed E-state index contributed by atoms with van der Waals surface area (Å²) in [7, 11) is 4.39. The number of methoxy groups -OCH3 is 3. The molecule has 0 heterocycles. The highest BCUT2D eigenvalue weighted by Crippen LogP contribution is 2.39. The van der Waals surface area contributed by atoms with E-state index in [2.05, 4.69) is 47.7 Å². The SMILES string of the molecule is COc1cc(C(=O)Oc2c(Br)cc(Br)cc2/C=N/NC(=O)CNc2cccc3ccccc23)cc(OC)c1OC. The molecule has 40 heavy (non-hydrogen) atoms. The van der Waals surface area contributed by atoms with E-state index in [1.165, 1.54) is 39.7 Å². The number of fused-ring (bicyclic) bond motifs is 1. The van der Waals surface area contributed by atoms with Gasteiger partial charge in [0.1, 0.15) is 0 Å². The van der Waals surface area contributed by atoms with E-state index in [4.69, 9.17) is 18.9 Å². The van der Waals surface area contributed by atoms with Crippen LogP contribution in [0.4, 0.5) is 5.69 Å². The number of esters is 1. The molecule has 0 aliphatic heterocycles. The smallest absolute Gasteiger partial charge is 0.343 e. The standard InChI is InChI=1S/C29H25Br2N3O6/c1-37-24-12-18(13-25(38-2)28(24)39-3)29(36)40-27-19(11-20(30)14-22(27)31)15-33-34-26(35)16-32-23-10-6-8-17-7-4-5-9-21(17)23/h4-15,32H,16H2,1-3H3,(H,34,35)/b33-15+. The maximum absolute atomic E-state index is 13.1. The summed E-state index contributed by atoms with van der Waals surface area (Å²) in [5.74, 6) is 0.156. The molecule has 0 aliphatic rings. The Kier molecular flexibility index (Phi) is 9.62. The van der Waals surface area contributed by atoms with Gasteiger partial charge in [-0.25, -0.2) is 10.2 Å². The van der Waals surface area contributed by atoms with E-state index < -0.39 is 5.97 Å². The molecule has 0 bridgehead atoms. The van der Waals surface area contributed by atoms with Crippen LogP contribution in [0.15, 0.2) is 80.8 Å². The lowest BCUT2D eigenvalue weighted by Crippen LogP contribution is -2.26. The first kappa shape index (κ1) is 28.9. The molecule has 4 aromatic rings. The van der Waals surface area contributed by atoms with Crippen molar-refractivity contribution >= 4 is 66.4 Å². The Labute approximate surface area is 247 Å². The average Bonchev–Trinajstić information content (AvgIpc) is 2.96. The van der Waals surface area contributed by atoms with Crippen LogP contribution in [0.2, 0.25) is 0 Å². The molecular formula is C29H25Br2N3O6. The van der Waals surface area contributed by atoms with Crippen LogP contribution < -0.4 is 29.7 Å². The zero-order valence-electron chi connectivity index (χ0n) is 21.8. The van der Waals surface area contributed by atoms with Crippen LogP contribution in [0.1, 0.15) is 15.9 Å². The third-order valence-corrected chi connectivity index (χ3v) is 6.80. The molecule has 0 aliphatic carbocycles. The van der Waals surface area contributed by atoms with Crippen LogP contribution in [-0.2, 0) is 4.79 Å². The van der Waals surface area contributed by atoms with Crippen molar-refractivity contribution < 1.29 is 28.5 Å². The van der Waals surface area contributed by atoms with Crippen molar-refractivity contribution in [3.8, 4) is 23.0 Å². The molecule has 206 valence electrons. The van der Waals surface area contributed by atoms with Gasteiger partial charge in [-0.3, -0.25) is 4.79 Å².